The Morgan fingerprint density at radius 2 is 1.95 bits per heavy atom. The lowest BCUT2D eigenvalue weighted by molar-refractivity contribution is -0.232. The van der Waals surface area contributed by atoms with E-state index in [9.17, 15) is 4.79 Å². The number of nitrogens with zero attached hydrogens (tertiary/aromatic N) is 1. The summed E-state index contributed by atoms with van der Waals surface area (Å²) in [6.45, 7) is 4.91. The Kier molecular flexibility index (Phi) is 5.50. The summed E-state index contributed by atoms with van der Waals surface area (Å²) in [5, 5.41) is 0. The number of carbonyl (C=O) groups is 1. The number of Topliss-reactive ketones (excluding diaryl/α,β-unsaturated/α-hetero) is 1. The molecule has 4 atom stereocenters. The molecule has 2 bridgehead atoms. The molecule has 196 valence electrons. The molecule has 1 unspecified atom stereocenters. The molecule has 7 rings (SSSR count). The maximum atomic E-state index is 13.8. The van der Waals surface area contributed by atoms with Crippen LogP contribution in [0, 0.1) is 5.92 Å². The third kappa shape index (κ3) is 3.13. The lowest BCUT2D eigenvalue weighted by Gasteiger charge is -2.67. The number of aryl methyl sites for hydroxylation is 1. The van der Waals surface area contributed by atoms with E-state index in [0.29, 0.717) is 13.0 Å². The monoisotopic (exact) mass is 501 g/mol. The summed E-state index contributed by atoms with van der Waals surface area (Å²) < 4.78 is 19.8. The highest BCUT2D eigenvalue weighted by Crippen LogP contribution is 2.69. The highest BCUT2D eigenvalue weighted by molar-refractivity contribution is 5.94. The molecule has 2 aliphatic heterocycles. The Morgan fingerprint density at radius 3 is 2.70 bits per heavy atom. The van der Waals surface area contributed by atoms with Gasteiger partial charge < -0.3 is 14.2 Å². The normalized spacial score (nSPS) is 34.0. The van der Waals surface area contributed by atoms with Gasteiger partial charge in [0.05, 0.1) is 18.1 Å². The maximum Gasteiger partial charge on any atom is 0.177 e. The van der Waals surface area contributed by atoms with E-state index in [1.807, 2.05) is 6.07 Å². The van der Waals surface area contributed by atoms with E-state index in [-0.39, 0.29) is 11.8 Å². The number of likely N-dealkylation sites (tertiary alicyclic amines) is 1. The van der Waals surface area contributed by atoms with Gasteiger partial charge in [-0.2, -0.15) is 0 Å². The molecule has 0 N–H and O–H groups in total. The second kappa shape index (κ2) is 8.57. The molecule has 0 amide bonds. The third-order valence-corrected chi connectivity index (χ3v) is 10.6. The van der Waals surface area contributed by atoms with Gasteiger partial charge >= 0.3 is 0 Å². The Hall–Kier alpha value is -2.37. The quantitative estimate of drug-likeness (QED) is 0.462. The predicted molar refractivity (Wildman–Crippen MR) is 142 cm³/mol. The van der Waals surface area contributed by atoms with Crippen molar-refractivity contribution >= 4 is 5.78 Å². The van der Waals surface area contributed by atoms with Gasteiger partial charge in [-0.05, 0) is 81.5 Å². The minimum atomic E-state index is -0.919. The average Bonchev–Trinajstić information content (AvgIpc) is 3.17. The van der Waals surface area contributed by atoms with Crippen LogP contribution in [0.2, 0.25) is 0 Å². The van der Waals surface area contributed by atoms with E-state index in [4.69, 9.17) is 14.2 Å². The first kappa shape index (κ1) is 23.7. The van der Waals surface area contributed by atoms with Gasteiger partial charge in [-0.25, -0.2) is 0 Å². The number of piperidine rings is 1. The third-order valence-electron chi connectivity index (χ3n) is 10.6. The van der Waals surface area contributed by atoms with E-state index in [2.05, 4.69) is 48.2 Å². The van der Waals surface area contributed by atoms with E-state index in [1.165, 1.54) is 36.0 Å². The summed E-state index contributed by atoms with van der Waals surface area (Å²) in [6, 6.07) is 15.2. The number of ether oxygens (including phenoxy) is 3. The van der Waals surface area contributed by atoms with Crippen LogP contribution in [0.15, 0.2) is 42.5 Å². The van der Waals surface area contributed by atoms with Crippen molar-refractivity contribution in [1.82, 2.24) is 4.90 Å². The van der Waals surface area contributed by atoms with Crippen LogP contribution in [0.1, 0.15) is 68.6 Å². The molecular weight excluding hydrogens is 462 g/mol. The zero-order valence-electron chi connectivity index (χ0n) is 22.3. The zero-order valence-corrected chi connectivity index (χ0v) is 22.3. The number of carbonyl (C=O) groups excluding carboxylic acids is 1. The summed E-state index contributed by atoms with van der Waals surface area (Å²) in [4.78, 5) is 16.5. The van der Waals surface area contributed by atoms with Gasteiger partial charge in [0.2, 0.25) is 0 Å². The Bertz CT molecular complexity index is 1210. The van der Waals surface area contributed by atoms with Crippen LogP contribution in [0.5, 0.6) is 11.5 Å². The molecule has 3 fully saturated rings. The van der Waals surface area contributed by atoms with Crippen LogP contribution >= 0.6 is 0 Å². The van der Waals surface area contributed by atoms with Gasteiger partial charge in [0, 0.05) is 31.2 Å². The van der Waals surface area contributed by atoms with Crippen LogP contribution in [-0.2, 0) is 27.8 Å². The van der Waals surface area contributed by atoms with Gasteiger partial charge in [-0.3, -0.25) is 9.69 Å². The average molecular weight is 502 g/mol. The molecule has 1 saturated heterocycles. The fraction of sp³-hybridized carbons (Fsp3) is 0.594. The lowest BCUT2D eigenvalue weighted by Crippen LogP contribution is -2.81. The smallest absolute Gasteiger partial charge is 0.177 e. The van der Waals surface area contributed by atoms with Crippen molar-refractivity contribution in [2.45, 2.75) is 87.4 Å². The summed E-state index contributed by atoms with van der Waals surface area (Å²) in [5.41, 5.74) is 2.06. The largest absolute Gasteiger partial charge is 0.493 e. The number of benzene rings is 2. The lowest BCUT2D eigenvalue weighted by atomic mass is 9.45. The predicted octanol–water partition coefficient (Wildman–Crippen LogP) is 5.27. The molecule has 2 heterocycles. The standard InChI is InChI=1S/C32H39NO4/c1-30-27(34)15-16-32(36-19-7-12-22-8-4-3-5-9-22)26-20-24-13-14-25(35-2)29(37-30)28(24)31(30,32)17-18-33(26)21-23-10-6-11-23/h3-5,8-9,13-14,23,26H,6-7,10-12,15-21H2,1-2H3/t26-,30?,31+,32-/m1/s1. The van der Waals surface area contributed by atoms with Gasteiger partial charge in [0.15, 0.2) is 22.9 Å². The molecular formula is C32H39NO4. The first-order chi connectivity index (χ1) is 18.0. The fourth-order valence-electron chi connectivity index (χ4n) is 8.68. The molecule has 5 nitrogen and oxygen atoms in total. The second-order valence-corrected chi connectivity index (χ2v) is 12.2. The number of rotatable bonds is 8. The fourth-order valence-corrected chi connectivity index (χ4v) is 8.68. The maximum absolute atomic E-state index is 13.8. The Morgan fingerprint density at radius 1 is 1.11 bits per heavy atom. The second-order valence-electron chi connectivity index (χ2n) is 12.2. The molecule has 0 aromatic heterocycles. The first-order valence-electron chi connectivity index (χ1n) is 14.4. The van der Waals surface area contributed by atoms with Crippen LogP contribution < -0.4 is 9.47 Å². The minimum Gasteiger partial charge on any atom is -0.493 e. The topological polar surface area (TPSA) is 48.0 Å². The Labute approximate surface area is 220 Å². The van der Waals surface area contributed by atoms with Crippen molar-refractivity contribution < 1.29 is 19.0 Å². The molecule has 3 aliphatic carbocycles. The van der Waals surface area contributed by atoms with Crippen LogP contribution in [0.3, 0.4) is 0 Å². The van der Waals surface area contributed by atoms with Crippen molar-refractivity contribution in [1.29, 1.82) is 0 Å². The van der Waals surface area contributed by atoms with Gasteiger partial charge in [-0.15, -0.1) is 0 Å². The van der Waals surface area contributed by atoms with E-state index in [0.717, 1.165) is 62.6 Å². The SMILES string of the molecule is COc1ccc2c3c1OC1(C)C(=O)CC[C@@]4(OCCCc5ccccc5)[C@@H](C2)N(CC2CCC2)CC[C@]314. The van der Waals surface area contributed by atoms with E-state index < -0.39 is 16.6 Å². The molecule has 2 aromatic rings. The number of hydrogen-bond donors (Lipinski definition) is 0. The summed E-state index contributed by atoms with van der Waals surface area (Å²) in [5.74, 6) is 2.55. The Balaban J connectivity index is 1.31. The number of methoxy groups -OCH3 is 1. The van der Waals surface area contributed by atoms with E-state index in [1.54, 1.807) is 7.11 Å². The first-order valence-corrected chi connectivity index (χ1v) is 14.4. The summed E-state index contributed by atoms with van der Waals surface area (Å²) >= 11 is 0. The molecule has 5 heteroatoms. The molecule has 37 heavy (non-hydrogen) atoms. The number of ketones is 1. The number of hydrogen-bond acceptors (Lipinski definition) is 5. The van der Waals surface area contributed by atoms with Crippen LogP contribution in [0.25, 0.3) is 0 Å². The van der Waals surface area contributed by atoms with Crippen LogP contribution in [0.4, 0.5) is 0 Å². The van der Waals surface area contributed by atoms with Gasteiger partial charge in [0.25, 0.3) is 0 Å². The van der Waals surface area contributed by atoms with Crippen molar-refractivity contribution in [2.75, 3.05) is 26.8 Å². The highest BCUT2D eigenvalue weighted by atomic mass is 16.5. The van der Waals surface area contributed by atoms with Crippen molar-refractivity contribution in [3.63, 3.8) is 0 Å². The minimum absolute atomic E-state index is 0.216. The zero-order chi connectivity index (χ0) is 25.3. The summed E-state index contributed by atoms with van der Waals surface area (Å²) in [6.07, 6.45) is 9.16. The molecule has 2 aromatic carbocycles. The van der Waals surface area contributed by atoms with Crippen LogP contribution in [-0.4, -0.2) is 54.7 Å². The van der Waals surface area contributed by atoms with Gasteiger partial charge in [0.1, 0.15) is 0 Å². The highest BCUT2D eigenvalue weighted by Gasteiger charge is 2.78. The van der Waals surface area contributed by atoms with E-state index >= 15 is 0 Å². The van der Waals surface area contributed by atoms with Crippen molar-refractivity contribution in [3.8, 4) is 11.5 Å². The molecule has 5 aliphatic rings. The van der Waals surface area contributed by atoms with Crippen molar-refractivity contribution in [3.05, 3.63) is 59.2 Å². The molecule has 2 saturated carbocycles. The summed E-state index contributed by atoms with van der Waals surface area (Å²) in [7, 11) is 1.70. The molecule has 1 spiro atoms. The van der Waals surface area contributed by atoms with Crippen molar-refractivity contribution in [2.24, 2.45) is 5.92 Å². The molecule has 0 radical (unpaired) electrons. The van der Waals surface area contributed by atoms with Gasteiger partial charge in [-0.1, -0.05) is 42.8 Å².